The minimum Gasteiger partial charge on any atom is -0.476 e. The summed E-state index contributed by atoms with van der Waals surface area (Å²) in [6, 6.07) is 4.31. The molecule has 18 heavy (non-hydrogen) atoms. The number of anilines is 1. The second kappa shape index (κ2) is 4.41. The highest BCUT2D eigenvalue weighted by atomic mass is 32.2. The van der Waals surface area contributed by atoms with E-state index in [9.17, 15) is 13.2 Å². The Bertz CT molecular complexity index is 666. The van der Waals surface area contributed by atoms with Crippen molar-refractivity contribution in [3.05, 3.63) is 30.1 Å². The van der Waals surface area contributed by atoms with Gasteiger partial charge in [-0.1, -0.05) is 6.07 Å². The van der Waals surface area contributed by atoms with Crippen molar-refractivity contribution in [1.29, 1.82) is 0 Å². The Hall–Kier alpha value is -2.49. The number of nitrogens with one attached hydrogen (secondary N) is 2. The number of sulfonamides is 1. The first-order valence-corrected chi connectivity index (χ1v) is 6.07. The number of aromatic nitrogens is 4. The molecule has 10 heteroatoms. The molecule has 0 bridgehead atoms. The standard InChI is InChI=1S/C8H7N5O4S/c14-8(15)6-7(11-13-10-6)12-18(16,17)5-3-1-2-4-9-5/h1-4H,(H,14,15)(H2,10,11,12,13). The van der Waals surface area contributed by atoms with Crippen LogP contribution < -0.4 is 4.72 Å². The van der Waals surface area contributed by atoms with Gasteiger partial charge in [0, 0.05) is 6.20 Å². The molecule has 9 nitrogen and oxygen atoms in total. The van der Waals surface area contributed by atoms with Gasteiger partial charge in [0.15, 0.2) is 10.8 Å². The molecule has 94 valence electrons. The lowest BCUT2D eigenvalue weighted by molar-refractivity contribution is 0.0691. The highest BCUT2D eigenvalue weighted by Crippen LogP contribution is 2.14. The zero-order chi connectivity index (χ0) is 13.2. The average molecular weight is 269 g/mol. The van der Waals surface area contributed by atoms with Crippen molar-refractivity contribution in [3.63, 3.8) is 0 Å². The van der Waals surface area contributed by atoms with E-state index >= 15 is 0 Å². The lowest BCUT2D eigenvalue weighted by atomic mass is 10.4. The fourth-order valence-electron chi connectivity index (χ4n) is 1.14. The van der Waals surface area contributed by atoms with E-state index in [1.165, 1.54) is 18.3 Å². The Labute approximate surface area is 101 Å². The predicted molar refractivity (Wildman–Crippen MR) is 58.4 cm³/mol. The van der Waals surface area contributed by atoms with Crippen LogP contribution in [0.25, 0.3) is 0 Å². The van der Waals surface area contributed by atoms with Crippen LogP contribution >= 0.6 is 0 Å². The first kappa shape index (κ1) is 12.0. The van der Waals surface area contributed by atoms with Gasteiger partial charge in [-0.2, -0.15) is 13.6 Å². The molecule has 0 spiro atoms. The number of hydrogen-bond donors (Lipinski definition) is 3. The van der Waals surface area contributed by atoms with Crippen LogP contribution in [0.15, 0.2) is 29.4 Å². The Morgan fingerprint density at radius 1 is 1.33 bits per heavy atom. The van der Waals surface area contributed by atoms with Crippen LogP contribution in [-0.2, 0) is 10.0 Å². The summed E-state index contributed by atoms with van der Waals surface area (Å²) >= 11 is 0. The van der Waals surface area contributed by atoms with Crippen molar-refractivity contribution in [2.75, 3.05) is 4.72 Å². The quantitative estimate of drug-likeness (QED) is 0.692. The van der Waals surface area contributed by atoms with Gasteiger partial charge in [0.2, 0.25) is 5.69 Å². The van der Waals surface area contributed by atoms with Crippen LogP contribution in [0.2, 0.25) is 0 Å². The third-order valence-corrected chi connectivity index (χ3v) is 3.15. The first-order valence-electron chi connectivity index (χ1n) is 4.58. The molecular formula is C8H7N5O4S. The molecule has 0 saturated heterocycles. The molecule has 3 N–H and O–H groups in total. The van der Waals surface area contributed by atoms with E-state index in [0.29, 0.717) is 0 Å². The van der Waals surface area contributed by atoms with Crippen molar-refractivity contribution in [3.8, 4) is 0 Å². The molecule has 0 aliphatic rings. The van der Waals surface area contributed by atoms with Gasteiger partial charge in [-0.25, -0.2) is 9.78 Å². The van der Waals surface area contributed by atoms with Crippen molar-refractivity contribution in [2.45, 2.75) is 5.03 Å². The molecule has 2 rings (SSSR count). The number of aromatic carboxylic acids is 1. The number of H-pyrrole nitrogens is 1. The first-order chi connectivity index (χ1) is 8.50. The second-order valence-corrected chi connectivity index (χ2v) is 4.73. The summed E-state index contributed by atoms with van der Waals surface area (Å²) in [6.45, 7) is 0. The van der Waals surface area contributed by atoms with Crippen molar-refractivity contribution < 1.29 is 18.3 Å². The highest BCUT2D eigenvalue weighted by molar-refractivity contribution is 7.92. The maximum atomic E-state index is 11.8. The van der Waals surface area contributed by atoms with Crippen LogP contribution in [0, 0.1) is 0 Å². The number of rotatable bonds is 4. The topological polar surface area (TPSA) is 138 Å². The molecule has 2 heterocycles. The van der Waals surface area contributed by atoms with Gasteiger partial charge >= 0.3 is 5.97 Å². The number of carbonyl (C=O) groups is 1. The third-order valence-electron chi connectivity index (χ3n) is 1.89. The van der Waals surface area contributed by atoms with Crippen LogP contribution in [0.1, 0.15) is 10.5 Å². The summed E-state index contributed by atoms with van der Waals surface area (Å²) in [5, 5.41) is 17.3. The van der Waals surface area contributed by atoms with Gasteiger partial charge in [0.25, 0.3) is 10.0 Å². The second-order valence-electron chi connectivity index (χ2n) is 3.10. The lowest BCUT2D eigenvalue weighted by Crippen LogP contribution is -2.16. The summed E-state index contributed by atoms with van der Waals surface area (Å²) < 4.78 is 25.6. The molecular weight excluding hydrogens is 262 g/mol. The minimum absolute atomic E-state index is 0.246. The summed E-state index contributed by atoms with van der Waals surface area (Å²) in [7, 11) is -3.99. The van der Waals surface area contributed by atoms with Crippen LogP contribution in [0.3, 0.4) is 0 Å². The lowest BCUT2D eigenvalue weighted by Gasteiger charge is -2.03. The SMILES string of the molecule is O=C(O)c1n[nH]nc1NS(=O)(=O)c1ccccn1. The zero-order valence-corrected chi connectivity index (χ0v) is 9.55. The van der Waals surface area contributed by atoms with Gasteiger partial charge in [0.05, 0.1) is 0 Å². The normalized spacial score (nSPS) is 11.1. The molecule has 0 saturated carbocycles. The van der Waals surface area contributed by atoms with Crippen molar-refractivity contribution in [1.82, 2.24) is 20.4 Å². The monoisotopic (exact) mass is 269 g/mol. The summed E-state index contributed by atoms with van der Waals surface area (Å²) in [5.74, 6) is -1.80. The van der Waals surface area contributed by atoms with Gasteiger partial charge in [0.1, 0.15) is 0 Å². The minimum atomic E-state index is -3.99. The van der Waals surface area contributed by atoms with E-state index in [2.05, 4.69) is 15.2 Å². The number of nitrogens with zero attached hydrogens (tertiary/aromatic N) is 3. The summed E-state index contributed by atoms with van der Waals surface area (Å²) in [4.78, 5) is 14.4. The van der Waals surface area contributed by atoms with E-state index < -0.39 is 27.5 Å². The maximum absolute atomic E-state index is 11.8. The summed E-state index contributed by atoms with van der Waals surface area (Å²) in [5.41, 5.74) is -0.519. The highest BCUT2D eigenvalue weighted by Gasteiger charge is 2.22. The molecule has 0 amide bonds. The molecule has 0 unspecified atom stereocenters. The van der Waals surface area contributed by atoms with Gasteiger partial charge in [-0.15, -0.1) is 10.2 Å². The Balaban J connectivity index is 2.34. The average Bonchev–Trinajstić information content (AvgIpc) is 2.78. The van der Waals surface area contributed by atoms with Crippen LogP contribution in [-0.4, -0.2) is 39.9 Å². The fraction of sp³-hybridized carbons (Fsp3) is 0. The Morgan fingerprint density at radius 3 is 2.72 bits per heavy atom. The molecule has 0 fully saturated rings. The van der Waals surface area contributed by atoms with Crippen molar-refractivity contribution >= 4 is 21.8 Å². The van der Waals surface area contributed by atoms with E-state index in [0.717, 1.165) is 0 Å². The molecule has 0 aromatic carbocycles. The van der Waals surface area contributed by atoms with Crippen molar-refractivity contribution in [2.24, 2.45) is 0 Å². The zero-order valence-electron chi connectivity index (χ0n) is 8.73. The Kier molecular flexibility index (Phi) is 2.93. The summed E-state index contributed by atoms with van der Waals surface area (Å²) in [6.07, 6.45) is 1.30. The van der Waals surface area contributed by atoms with Gasteiger partial charge in [-0.05, 0) is 12.1 Å². The number of pyridine rings is 1. The maximum Gasteiger partial charge on any atom is 0.360 e. The number of carboxylic acids is 1. The predicted octanol–water partition coefficient (Wildman–Crippen LogP) is -0.301. The van der Waals surface area contributed by atoms with E-state index in [-0.39, 0.29) is 5.03 Å². The molecule has 0 radical (unpaired) electrons. The largest absolute Gasteiger partial charge is 0.476 e. The van der Waals surface area contributed by atoms with E-state index in [1.807, 2.05) is 9.94 Å². The van der Waals surface area contributed by atoms with Gasteiger partial charge < -0.3 is 5.11 Å². The molecule has 0 atom stereocenters. The number of aromatic amines is 1. The number of hydrogen-bond acceptors (Lipinski definition) is 6. The third kappa shape index (κ3) is 2.27. The fourth-order valence-corrected chi connectivity index (χ4v) is 2.10. The van der Waals surface area contributed by atoms with E-state index in [1.54, 1.807) is 6.07 Å². The van der Waals surface area contributed by atoms with Gasteiger partial charge in [-0.3, -0.25) is 4.72 Å². The molecule has 0 aliphatic carbocycles. The smallest absolute Gasteiger partial charge is 0.360 e. The van der Waals surface area contributed by atoms with Crippen LogP contribution in [0.5, 0.6) is 0 Å². The molecule has 0 aliphatic heterocycles. The molecule has 2 aromatic rings. The van der Waals surface area contributed by atoms with E-state index in [4.69, 9.17) is 5.11 Å². The molecule has 2 aromatic heterocycles. The Morgan fingerprint density at radius 2 is 2.11 bits per heavy atom. The number of carboxylic acid groups (broad SMARTS) is 1. The van der Waals surface area contributed by atoms with Crippen LogP contribution in [0.4, 0.5) is 5.82 Å².